The number of aromatic nitrogens is 2. The number of thioether (sulfide) groups is 1. The summed E-state index contributed by atoms with van der Waals surface area (Å²) < 4.78 is 17.3. The number of aliphatic hydroxyl groups excluding tert-OH is 1. The summed E-state index contributed by atoms with van der Waals surface area (Å²) in [5, 5.41) is 22.9. The monoisotopic (exact) mass is 681 g/mol. The molecule has 5 aromatic rings. The van der Waals surface area contributed by atoms with E-state index in [1.54, 1.807) is 30.3 Å². The molecular formula is C37H35N3O6S2. The summed E-state index contributed by atoms with van der Waals surface area (Å²) in [6, 6.07) is 25.5. The summed E-state index contributed by atoms with van der Waals surface area (Å²) in [5.74, 6) is 0.191. The van der Waals surface area contributed by atoms with Crippen LogP contribution in [0.2, 0.25) is 0 Å². The Kier molecular flexibility index (Phi) is 10.3. The molecule has 9 nitrogen and oxygen atoms in total. The van der Waals surface area contributed by atoms with Gasteiger partial charge in [-0.15, -0.1) is 10.2 Å². The molecule has 1 aromatic heterocycles. The van der Waals surface area contributed by atoms with E-state index in [0.717, 1.165) is 35.6 Å². The molecule has 0 spiro atoms. The fourth-order valence-corrected chi connectivity index (χ4v) is 7.56. The zero-order valence-corrected chi connectivity index (χ0v) is 28.5. The van der Waals surface area contributed by atoms with Crippen LogP contribution in [0.25, 0.3) is 16.5 Å². The van der Waals surface area contributed by atoms with Crippen molar-refractivity contribution < 1.29 is 28.9 Å². The Bertz CT molecular complexity index is 1970. The van der Waals surface area contributed by atoms with Crippen LogP contribution in [0.15, 0.2) is 94.8 Å². The van der Waals surface area contributed by atoms with Gasteiger partial charge in [0.25, 0.3) is 5.78 Å². The normalized spacial score (nSPS) is 15.6. The number of carbonyl (C=O) groups excluding carboxylic acids is 2. The molecule has 1 amide bonds. The molecule has 4 aromatic carbocycles. The summed E-state index contributed by atoms with van der Waals surface area (Å²) in [5.41, 5.74) is 2.00. The van der Waals surface area contributed by atoms with Crippen molar-refractivity contribution in [1.82, 2.24) is 10.2 Å². The average Bonchev–Trinajstić information content (AvgIpc) is 3.70. The molecular weight excluding hydrogens is 647 g/mol. The van der Waals surface area contributed by atoms with Gasteiger partial charge in [0.15, 0.2) is 15.8 Å². The number of Topliss-reactive ketones (excluding diaryl/α,β-unsaturated/α-hetero) is 1. The number of ether oxygens (including phenoxy) is 3. The van der Waals surface area contributed by atoms with E-state index in [1.165, 1.54) is 42.2 Å². The first-order valence-electron chi connectivity index (χ1n) is 15.6. The van der Waals surface area contributed by atoms with Gasteiger partial charge in [-0.1, -0.05) is 97.5 Å². The van der Waals surface area contributed by atoms with Crippen molar-refractivity contribution in [3.8, 4) is 17.2 Å². The first-order valence-corrected chi connectivity index (χ1v) is 17.4. The van der Waals surface area contributed by atoms with E-state index in [-0.39, 0.29) is 16.5 Å². The third-order valence-corrected chi connectivity index (χ3v) is 10.3. The third-order valence-electron chi connectivity index (χ3n) is 8.15. The van der Waals surface area contributed by atoms with Gasteiger partial charge in [-0.2, -0.15) is 0 Å². The smallest absolute Gasteiger partial charge is 0.301 e. The largest absolute Gasteiger partial charge is 0.507 e. The summed E-state index contributed by atoms with van der Waals surface area (Å²) in [4.78, 5) is 28.8. The Morgan fingerprint density at radius 1 is 0.917 bits per heavy atom. The molecule has 0 bridgehead atoms. The van der Waals surface area contributed by atoms with E-state index >= 15 is 0 Å². The summed E-state index contributed by atoms with van der Waals surface area (Å²) >= 11 is 2.74. The van der Waals surface area contributed by atoms with E-state index in [4.69, 9.17) is 14.2 Å². The number of methoxy groups -OCH3 is 2. The molecule has 246 valence electrons. The Morgan fingerprint density at radius 2 is 1.69 bits per heavy atom. The zero-order valence-electron chi connectivity index (χ0n) is 26.8. The molecule has 6 rings (SSSR count). The molecule has 1 N–H and O–H groups in total. The molecule has 48 heavy (non-hydrogen) atoms. The second-order valence-electron chi connectivity index (χ2n) is 11.1. The number of unbranched alkanes of at least 4 members (excludes halogenated alkanes) is 2. The number of rotatable bonds is 13. The van der Waals surface area contributed by atoms with Crippen LogP contribution in [-0.4, -0.2) is 47.8 Å². The van der Waals surface area contributed by atoms with Crippen LogP contribution in [0.5, 0.6) is 17.2 Å². The van der Waals surface area contributed by atoms with E-state index in [1.807, 2.05) is 30.3 Å². The number of hydrogen-bond acceptors (Lipinski definition) is 10. The van der Waals surface area contributed by atoms with Gasteiger partial charge in [-0.3, -0.25) is 14.5 Å². The van der Waals surface area contributed by atoms with Crippen LogP contribution in [0, 0.1) is 0 Å². The lowest BCUT2D eigenvalue weighted by molar-refractivity contribution is -0.132. The average molecular weight is 682 g/mol. The van der Waals surface area contributed by atoms with Gasteiger partial charge < -0.3 is 19.3 Å². The molecule has 0 saturated carbocycles. The third kappa shape index (κ3) is 6.74. The van der Waals surface area contributed by atoms with Crippen molar-refractivity contribution in [3.63, 3.8) is 0 Å². The van der Waals surface area contributed by atoms with Gasteiger partial charge in [-0.25, -0.2) is 0 Å². The van der Waals surface area contributed by atoms with Crippen LogP contribution in [0.3, 0.4) is 0 Å². The Labute approximate surface area is 287 Å². The fourth-order valence-electron chi connectivity index (χ4n) is 5.69. The number of carbonyl (C=O) groups is 2. The van der Waals surface area contributed by atoms with Crippen molar-refractivity contribution in [2.45, 2.75) is 42.3 Å². The van der Waals surface area contributed by atoms with E-state index < -0.39 is 17.7 Å². The van der Waals surface area contributed by atoms with Crippen molar-refractivity contribution in [3.05, 3.63) is 107 Å². The maximum atomic E-state index is 13.8. The molecule has 0 radical (unpaired) electrons. The minimum absolute atomic E-state index is 0.0657. The predicted octanol–water partition coefficient (Wildman–Crippen LogP) is 8.20. The molecule has 11 heteroatoms. The number of nitrogens with zero attached hydrogens (tertiary/aromatic N) is 3. The van der Waals surface area contributed by atoms with Crippen molar-refractivity contribution in [2.75, 3.05) is 25.7 Å². The van der Waals surface area contributed by atoms with Gasteiger partial charge in [0.2, 0.25) is 5.13 Å². The molecule has 1 unspecified atom stereocenters. The van der Waals surface area contributed by atoms with E-state index in [9.17, 15) is 14.7 Å². The van der Waals surface area contributed by atoms with Crippen LogP contribution in [-0.2, 0) is 15.3 Å². The van der Waals surface area contributed by atoms with Gasteiger partial charge in [-0.05, 0) is 58.7 Å². The number of benzene rings is 4. The van der Waals surface area contributed by atoms with Crippen LogP contribution >= 0.6 is 23.1 Å². The first kappa shape index (κ1) is 33.0. The topological polar surface area (TPSA) is 111 Å². The molecule has 1 saturated heterocycles. The van der Waals surface area contributed by atoms with Crippen molar-refractivity contribution in [2.24, 2.45) is 0 Å². The number of aliphatic hydroxyl groups is 1. The molecule has 1 aliphatic rings. The van der Waals surface area contributed by atoms with Gasteiger partial charge in [0, 0.05) is 11.3 Å². The Hall–Kier alpha value is -4.87. The maximum Gasteiger partial charge on any atom is 0.301 e. The second-order valence-corrected chi connectivity index (χ2v) is 13.3. The molecule has 1 aliphatic heterocycles. The second kappa shape index (κ2) is 14.9. The number of fused-ring (bicyclic) bond motifs is 1. The number of anilines is 1. The fraction of sp³-hybridized carbons (Fsp3) is 0.243. The summed E-state index contributed by atoms with van der Waals surface area (Å²) in [6.07, 6.45) is 3.12. The van der Waals surface area contributed by atoms with Crippen molar-refractivity contribution >= 4 is 56.5 Å². The Morgan fingerprint density at radius 3 is 2.46 bits per heavy atom. The highest BCUT2D eigenvalue weighted by molar-refractivity contribution is 8.00. The highest BCUT2D eigenvalue weighted by atomic mass is 32.2. The molecule has 1 atom stereocenters. The standard InChI is InChI=1S/C37H35N3O6S2/c1-4-5-8-20-46-27-17-14-24(15-18-27)32-31(33(41)25-16-19-29(44-2)30(21-25)45-3)34(42)35(43)40(32)36-38-39-37(48-36)47-22-26-12-9-11-23-10-6-7-13-28(23)26/h6-7,9-19,21,32,41H,4-5,8,20,22H2,1-3H3. The van der Waals surface area contributed by atoms with Crippen LogP contribution in [0.4, 0.5) is 5.13 Å². The van der Waals surface area contributed by atoms with Gasteiger partial charge >= 0.3 is 5.91 Å². The summed E-state index contributed by atoms with van der Waals surface area (Å²) in [7, 11) is 2.99. The number of amides is 1. The SMILES string of the molecule is CCCCCOc1ccc(C2C(=C(O)c3ccc(OC)c(OC)c3)C(=O)C(=O)N2c2nnc(SCc3cccc4ccccc34)s2)cc1. The lowest BCUT2D eigenvalue weighted by Gasteiger charge is -2.23. The van der Waals surface area contributed by atoms with Crippen LogP contribution < -0.4 is 19.1 Å². The van der Waals surface area contributed by atoms with Crippen LogP contribution in [0.1, 0.15) is 48.9 Å². The minimum atomic E-state index is -0.962. The van der Waals surface area contributed by atoms with Gasteiger partial charge in [0.1, 0.15) is 11.5 Å². The highest BCUT2D eigenvalue weighted by Gasteiger charge is 2.48. The van der Waals surface area contributed by atoms with Crippen molar-refractivity contribution in [1.29, 1.82) is 0 Å². The molecule has 2 heterocycles. The van der Waals surface area contributed by atoms with Gasteiger partial charge in [0.05, 0.1) is 32.4 Å². The first-order chi connectivity index (χ1) is 23.4. The number of ketones is 1. The highest BCUT2D eigenvalue weighted by Crippen LogP contribution is 2.45. The maximum absolute atomic E-state index is 13.8. The number of hydrogen-bond donors (Lipinski definition) is 1. The lowest BCUT2D eigenvalue weighted by atomic mass is 9.95. The minimum Gasteiger partial charge on any atom is -0.507 e. The molecule has 0 aliphatic carbocycles. The zero-order chi connectivity index (χ0) is 33.6. The quantitative estimate of drug-likeness (QED) is 0.0328. The molecule has 1 fully saturated rings. The Balaban J connectivity index is 1.35. The lowest BCUT2D eigenvalue weighted by Crippen LogP contribution is -2.29. The summed E-state index contributed by atoms with van der Waals surface area (Å²) in [6.45, 7) is 2.73. The van der Waals surface area contributed by atoms with E-state index in [0.29, 0.717) is 45.1 Å². The predicted molar refractivity (Wildman–Crippen MR) is 189 cm³/mol. The van der Waals surface area contributed by atoms with E-state index in [2.05, 4.69) is 41.4 Å².